The fraction of sp³-hybridized carbons (Fsp3) is 0.909. The van der Waals surface area contributed by atoms with E-state index in [1.807, 2.05) is 6.92 Å². The van der Waals surface area contributed by atoms with Crippen LogP contribution < -0.4 is 0 Å². The Kier molecular flexibility index (Phi) is 8.61. The van der Waals surface area contributed by atoms with Gasteiger partial charge in [-0.15, -0.1) is 0 Å². The highest BCUT2D eigenvalue weighted by atomic mass is 16.2. The normalized spacial score (nSPS) is 12.8. The van der Waals surface area contributed by atoms with E-state index >= 15 is 0 Å². The largest absolute Gasteiger partial charge is 0.396 e. The molecule has 0 aliphatic carbocycles. The summed E-state index contributed by atoms with van der Waals surface area (Å²) >= 11 is 0. The lowest BCUT2D eigenvalue weighted by molar-refractivity contribution is 0.249. The molecule has 1 atom stereocenters. The number of aliphatic hydroxyl groups excluding tert-OH is 1. The van der Waals surface area contributed by atoms with Crippen LogP contribution in [-0.4, -0.2) is 36.2 Å². The summed E-state index contributed by atoms with van der Waals surface area (Å²) in [5, 5.41) is 17.3. The van der Waals surface area contributed by atoms with E-state index in [2.05, 4.69) is 17.9 Å². The zero-order chi connectivity index (χ0) is 10.8. The Morgan fingerprint density at radius 3 is 2.57 bits per heavy atom. The average molecular weight is 198 g/mol. The summed E-state index contributed by atoms with van der Waals surface area (Å²) in [7, 11) is 0. The molecule has 0 spiro atoms. The zero-order valence-electron chi connectivity index (χ0n) is 9.37. The molecule has 3 heteroatoms. The van der Waals surface area contributed by atoms with Crippen molar-refractivity contribution in [1.29, 1.82) is 5.26 Å². The van der Waals surface area contributed by atoms with Gasteiger partial charge in [0.25, 0.3) is 0 Å². The van der Waals surface area contributed by atoms with Gasteiger partial charge in [-0.2, -0.15) is 5.26 Å². The van der Waals surface area contributed by atoms with Crippen molar-refractivity contribution in [3.8, 4) is 6.07 Å². The Balaban J connectivity index is 3.54. The molecule has 1 unspecified atom stereocenters. The fourth-order valence-corrected chi connectivity index (χ4v) is 1.43. The molecule has 0 aliphatic rings. The van der Waals surface area contributed by atoms with Gasteiger partial charge in [0.2, 0.25) is 0 Å². The van der Waals surface area contributed by atoms with Gasteiger partial charge in [0.1, 0.15) is 0 Å². The maximum absolute atomic E-state index is 8.68. The van der Waals surface area contributed by atoms with Gasteiger partial charge in [-0.3, -0.25) is 0 Å². The van der Waals surface area contributed by atoms with E-state index in [0.29, 0.717) is 6.61 Å². The first-order valence-corrected chi connectivity index (χ1v) is 5.47. The van der Waals surface area contributed by atoms with Gasteiger partial charge >= 0.3 is 0 Å². The third kappa shape index (κ3) is 6.88. The Morgan fingerprint density at radius 2 is 2.07 bits per heavy atom. The van der Waals surface area contributed by atoms with Crippen LogP contribution in [0.15, 0.2) is 0 Å². The van der Waals surface area contributed by atoms with Crippen molar-refractivity contribution >= 4 is 0 Å². The SMILES string of the molecule is CCN(CCCCCO)CC(C)C#N. The Labute approximate surface area is 87.3 Å². The van der Waals surface area contributed by atoms with Crippen LogP contribution in [0.1, 0.15) is 33.1 Å². The number of hydrogen-bond acceptors (Lipinski definition) is 3. The number of hydrogen-bond donors (Lipinski definition) is 1. The summed E-state index contributed by atoms with van der Waals surface area (Å²) in [4.78, 5) is 2.30. The molecule has 0 bridgehead atoms. The minimum Gasteiger partial charge on any atom is -0.396 e. The first kappa shape index (κ1) is 13.4. The second kappa shape index (κ2) is 8.98. The molecule has 0 saturated carbocycles. The average Bonchev–Trinajstić information content (AvgIpc) is 2.22. The minimum atomic E-state index is 0.118. The van der Waals surface area contributed by atoms with Crippen LogP contribution in [0, 0.1) is 17.2 Å². The molecular weight excluding hydrogens is 176 g/mol. The van der Waals surface area contributed by atoms with Crippen LogP contribution >= 0.6 is 0 Å². The molecule has 0 heterocycles. The molecule has 0 aromatic heterocycles. The maximum Gasteiger partial charge on any atom is 0.0666 e. The minimum absolute atomic E-state index is 0.118. The third-order valence-corrected chi connectivity index (χ3v) is 2.33. The summed E-state index contributed by atoms with van der Waals surface area (Å²) < 4.78 is 0. The highest BCUT2D eigenvalue weighted by molar-refractivity contribution is 4.81. The molecule has 0 aliphatic heterocycles. The molecule has 0 aromatic rings. The van der Waals surface area contributed by atoms with Crippen molar-refractivity contribution in [2.24, 2.45) is 5.92 Å². The van der Waals surface area contributed by atoms with E-state index in [4.69, 9.17) is 10.4 Å². The highest BCUT2D eigenvalue weighted by Gasteiger charge is 2.06. The molecule has 3 nitrogen and oxygen atoms in total. The van der Waals surface area contributed by atoms with E-state index in [-0.39, 0.29) is 5.92 Å². The highest BCUT2D eigenvalue weighted by Crippen LogP contribution is 2.02. The first-order valence-electron chi connectivity index (χ1n) is 5.47. The Morgan fingerprint density at radius 1 is 1.36 bits per heavy atom. The predicted octanol–water partition coefficient (Wildman–Crippen LogP) is 1.63. The molecule has 82 valence electrons. The number of aliphatic hydroxyl groups is 1. The van der Waals surface area contributed by atoms with Gasteiger partial charge in [0.15, 0.2) is 0 Å². The van der Waals surface area contributed by atoms with Crippen molar-refractivity contribution in [2.45, 2.75) is 33.1 Å². The van der Waals surface area contributed by atoms with Gasteiger partial charge in [0.05, 0.1) is 12.0 Å². The van der Waals surface area contributed by atoms with Gasteiger partial charge < -0.3 is 10.0 Å². The molecular formula is C11H22N2O. The standard InChI is InChI=1S/C11H22N2O/c1-3-13(10-11(2)9-12)7-5-4-6-8-14/h11,14H,3-8,10H2,1-2H3. The van der Waals surface area contributed by atoms with Crippen molar-refractivity contribution in [2.75, 3.05) is 26.2 Å². The first-order chi connectivity index (χ1) is 6.74. The van der Waals surface area contributed by atoms with Gasteiger partial charge in [0, 0.05) is 13.2 Å². The molecule has 0 rings (SSSR count). The van der Waals surface area contributed by atoms with Crippen molar-refractivity contribution in [1.82, 2.24) is 4.90 Å². The summed E-state index contributed by atoms with van der Waals surface area (Å²) in [6.45, 7) is 7.28. The number of nitrogens with zero attached hydrogens (tertiary/aromatic N) is 2. The van der Waals surface area contributed by atoms with E-state index in [1.54, 1.807) is 0 Å². The molecule has 0 aromatic carbocycles. The van der Waals surface area contributed by atoms with Crippen molar-refractivity contribution in [3.05, 3.63) is 0 Å². The van der Waals surface area contributed by atoms with Crippen LogP contribution in [0.2, 0.25) is 0 Å². The smallest absolute Gasteiger partial charge is 0.0666 e. The summed E-state index contributed by atoms with van der Waals surface area (Å²) in [6.07, 6.45) is 3.09. The summed E-state index contributed by atoms with van der Waals surface area (Å²) in [5.74, 6) is 0.118. The molecule has 0 amide bonds. The lowest BCUT2D eigenvalue weighted by atomic mass is 10.2. The van der Waals surface area contributed by atoms with E-state index in [9.17, 15) is 0 Å². The van der Waals surface area contributed by atoms with Crippen LogP contribution in [0.25, 0.3) is 0 Å². The van der Waals surface area contributed by atoms with Crippen LogP contribution in [-0.2, 0) is 0 Å². The maximum atomic E-state index is 8.68. The van der Waals surface area contributed by atoms with E-state index in [0.717, 1.165) is 38.9 Å². The van der Waals surface area contributed by atoms with Gasteiger partial charge in [-0.1, -0.05) is 6.92 Å². The number of nitriles is 1. The van der Waals surface area contributed by atoms with Gasteiger partial charge in [-0.05, 0) is 39.3 Å². The Bertz CT molecular complexity index is 165. The van der Waals surface area contributed by atoms with Crippen LogP contribution in [0.3, 0.4) is 0 Å². The summed E-state index contributed by atoms with van der Waals surface area (Å²) in [5.41, 5.74) is 0. The number of rotatable bonds is 8. The topological polar surface area (TPSA) is 47.3 Å². The second-order valence-electron chi connectivity index (χ2n) is 3.71. The summed E-state index contributed by atoms with van der Waals surface area (Å²) in [6, 6.07) is 2.25. The fourth-order valence-electron chi connectivity index (χ4n) is 1.43. The molecule has 0 radical (unpaired) electrons. The van der Waals surface area contributed by atoms with E-state index < -0.39 is 0 Å². The quantitative estimate of drug-likeness (QED) is 0.603. The van der Waals surface area contributed by atoms with Crippen LogP contribution in [0.4, 0.5) is 0 Å². The molecule has 0 saturated heterocycles. The predicted molar refractivity (Wildman–Crippen MR) is 57.8 cm³/mol. The number of unbranched alkanes of at least 4 members (excludes halogenated alkanes) is 2. The Hall–Kier alpha value is -0.590. The van der Waals surface area contributed by atoms with Crippen LogP contribution in [0.5, 0.6) is 0 Å². The molecule has 14 heavy (non-hydrogen) atoms. The van der Waals surface area contributed by atoms with E-state index in [1.165, 1.54) is 0 Å². The molecule has 1 N–H and O–H groups in total. The zero-order valence-corrected chi connectivity index (χ0v) is 9.37. The second-order valence-corrected chi connectivity index (χ2v) is 3.71. The monoisotopic (exact) mass is 198 g/mol. The van der Waals surface area contributed by atoms with Gasteiger partial charge in [-0.25, -0.2) is 0 Å². The third-order valence-electron chi connectivity index (χ3n) is 2.33. The van der Waals surface area contributed by atoms with Crippen molar-refractivity contribution < 1.29 is 5.11 Å². The lowest BCUT2D eigenvalue weighted by Crippen LogP contribution is -2.29. The van der Waals surface area contributed by atoms with Crippen molar-refractivity contribution in [3.63, 3.8) is 0 Å². The molecule has 0 fully saturated rings. The lowest BCUT2D eigenvalue weighted by Gasteiger charge is -2.21.